The topological polar surface area (TPSA) is 96.1 Å². The van der Waals surface area contributed by atoms with Gasteiger partial charge in [0.25, 0.3) is 0 Å². The van der Waals surface area contributed by atoms with Gasteiger partial charge in [-0.2, -0.15) is 10.5 Å². The van der Waals surface area contributed by atoms with Crippen molar-refractivity contribution >= 4 is 43.6 Å². The third-order valence-electron chi connectivity index (χ3n) is 6.52. The Bertz CT molecular complexity index is 1940. The summed E-state index contributed by atoms with van der Waals surface area (Å²) in [4.78, 5) is 13.7. The summed E-state index contributed by atoms with van der Waals surface area (Å²) in [5, 5.41) is 22.7. The van der Waals surface area contributed by atoms with Crippen LogP contribution in [0.2, 0.25) is 0 Å². The Labute approximate surface area is 204 Å². The van der Waals surface area contributed by atoms with E-state index in [9.17, 15) is 10.5 Å². The molecule has 7 aromatic rings. The zero-order chi connectivity index (χ0) is 24.2. The molecule has 0 spiro atoms. The van der Waals surface area contributed by atoms with E-state index in [4.69, 9.17) is 4.98 Å². The Hall–Kier alpha value is -5.53. The Morgan fingerprint density at radius 1 is 0.528 bits per heavy atom. The second kappa shape index (κ2) is 7.49. The molecule has 2 aromatic carbocycles. The molecule has 0 fully saturated rings. The van der Waals surface area contributed by atoms with Crippen molar-refractivity contribution in [3.63, 3.8) is 0 Å². The molecule has 166 valence electrons. The number of para-hydroxylation sites is 2. The van der Waals surface area contributed by atoms with Gasteiger partial charge in [0, 0.05) is 21.5 Å². The molecule has 0 N–H and O–H groups in total. The van der Waals surface area contributed by atoms with Crippen LogP contribution in [0.25, 0.3) is 55.2 Å². The van der Waals surface area contributed by atoms with Crippen LogP contribution in [0.4, 0.5) is 0 Å². The first-order valence-electron chi connectivity index (χ1n) is 11.3. The molecule has 0 amide bonds. The minimum atomic E-state index is 0.377. The molecule has 0 bridgehead atoms. The third-order valence-corrected chi connectivity index (χ3v) is 6.52. The number of pyridine rings is 3. The minimum Gasteiger partial charge on any atom is -0.292 e. The summed E-state index contributed by atoms with van der Waals surface area (Å²) in [6.45, 7) is 0. The highest BCUT2D eigenvalue weighted by atomic mass is 15.1. The lowest BCUT2D eigenvalue weighted by Gasteiger charge is -2.11. The smallest absolute Gasteiger partial charge is 0.141 e. The Kier molecular flexibility index (Phi) is 4.14. The highest BCUT2D eigenvalue weighted by molar-refractivity contribution is 6.10. The van der Waals surface area contributed by atoms with Gasteiger partial charge in [-0.3, -0.25) is 9.13 Å². The van der Waals surface area contributed by atoms with Crippen LogP contribution in [0, 0.1) is 22.7 Å². The predicted octanol–water partition coefficient (Wildman–Crippen LogP) is 5.81. The molecule has 5 aromatic heterocycles. The van der Waals surface area contributed by atoms with Crippen LogP contribution in [0.15, 0.2) is 91.3 Å². The molecule has 7 heteroatoms. The number of aromatic nitrogens is 5. The van der Waals surface area contributed by atoms with E-state index in [0.29, 0.717) is 11.4 Å². The van der Waals surface area contributed by atoms with Gasteiger partial charge < -0.3 is 0 Å². The number of benzene rings is 2. The second-order valence-corrected chi connectivity index (χ2v) is 8.46. The average molecular weight is 461 g/mol. The molecule has 0 unspecified atom stereocenters. The molecule has 0 atom stereocenters. The van der Waals surface area contributed by atoms with Gasteiger partial charge in [0.2, 0.25) is 0 Å². The van der Waals surface area contributed by atoms with Crippen molar-refractivity contribution in [3.05, 3.63) is 103 Å². The molecule has 5 heterocycles. The number of nitrogens with zero attached hydrogens (tertiary/aromatic N) is 7. The number of rotatable bonds is 2. The van der Waals surface area contributed by atoms with Crippen molar-refractivity contribution in [2.75, 3.05) is 0 Å². The summed E-state index contributed by atoms with van der Waals surface area (Å²) in [5.74, 6) is 1.47. The van der Waals surface area contributed by atoms with Crippen molar-refractivity contribution in [1.82, 2.24) is 24.1 Å². The van der Waals surface area contributed by atoms with E-state index < -0.39 is 0 Å². The summed E-state index contributed by atoms with van der Waals surface area (Å²) in [5.41, 5.74) is 4.47. The molecular weight excluding hydrogens is 446 g/mol. The lowest BCUT2D eigenvalue weighted by atomic mass is 10.2. The van der Waals surface area contributed by atoms with Crippen LogP contribution in [-0.4, -0.2) is 24.1 Å². The lowest BCUT2D eigenvalue weighted by molar-refractivity contribution is 1.01. The van der Waals surface area contributed by atoms with E-state index in [-0.39, 0.29) is 0 Å². The Morgan fingerprint density at radius 3 is 1.47 bits per heavy atom. The van der Waals surface area contributed by atoms with Crippen LogP contribution in [0.1, 0.15) is 11.4 Å². The molecular formula is C29H15N7. The second-order valence-electron chi connectivity index (χ2n) is 8.46. The zero-order valence-electron chi connectivity index (χ0n) is 18.8. The van der Waals surface area contributed by atoms with Crippen molar-refractivity contribution in [2.45, 2.75) is 0 Å². The first-order chi connectivity index (χ1) is 17.8. The molecule has 36 heavy (non-hydrogen) atoms. The SMILES string of the molecule is N#Cc1cc2c3ccccc3n(-c3cccc(-n4c5ccccc5c5cc(C#N)ncc54)n3)c2cn1. The fourth-order valence-electron chi connectivity index (χ4n) is 5.01. The molecule has 7 rings (SSSR count). The molecule has 0 saturated carbocycles. The van der Waals surface area contributed by atoms with Crippen LogP contribution < -0.4 is 0 Å². The molecule has 0 radical (unpaired) electrons. The quantitative estimate of drug-likeness (QED) is 0.324. The first kappa shape index (κ1) is 19.9. The van der Waals surface area contributed by atoms with Crippen LogP contribution in [0.3, 0.4) is 0 Å². The Morgan fingerprint density at radius 2 is 1.00 bits per heavy atom. The fraction of sp³-hybridized carbons (Fsp3) is 0. The third kappa shape index (κ3) is 2.74. The molecule has 0 aliphatic rings. The molecule has 0 aliphatic heterocycles. The van der Waals surface area contributed by atoms with Crippen molar-refractivity contribution in [2.24, 2.45) is 0 Å². The van der Waals surface area contributed by atoms with E-state index in [1.54, 1.807) is 12.4 Å². The van der Waals surface area contributed by atoms with Gasteiger partial charge in [-0.15, -0.1) is 0 Å². The minimum absolute atomic E-state index is 0.377. The van der Waals surface area contributed by atoms with Gasteiger partial charge in [0.05, 0.1) is 34.5 Å². The number of hydrogen-bond donors (Lipinski definition) is 0. The van der Waals surface area contributed by atoms with Crippen LogP contribution >= 0.6 is 0 Å². The van der Waals surface area contributed by atoms with Gasteiger partial charge in [-0.05, 0) is 36.4 Å². The summed E-state index contributed by atoms with van der Waals surface area (Å²) in [7, 11) is 0. The maximum absolute atomic E-state index is 9.38. The van der Waals surface area contributed by atoms with Crippen molar-refractivity contribution in [1.29, 1.82) is 10.5 Å². The highest BCUT2D eigenvalue weighted by Gasteiger charge is 2.17. The van der Waals surface area contributed by atoms with Crippen LogP contribution in [0.5, 0.6) is 0 Å². The van der Waals surface area contributed by atoms with E-state index >= 15 is 0 Å². The maximum atomic E-state index is 9.38. The summed E-state index contributed by atoms with van der Waals surface area (Å²) in [6.07, 6.45) is 3.46. The standard InChI is InChI=1S/C29H15N7/c30-14-18-12-22-20-6-1-3-8-24(20)35(26(22)16-32-18)28-10-5-11-29(34-28)36-25-9-4-2-7-21(25)23-13-19(15-31)33-17-27(23)36/h1-13,16-17H. The van der Waals surface area contributed by atoms with E-state index in [2.05, 4.69) is 31.2 Å². The van der Waals surface area contributed by atoms with E-state index in [0.717, 1.165) is 55.2 Å². The monoisotopic (exact) mass is 461 g/mol. The van der Waals surface area contributed by atoms with E-state index in [1.807, 2.05) is 78.9 Å². The predicted molar refractivity (Wildman–Crippen MR) is 138 cm³/mol. The zero-order valence-corrected chi connectivity index (χ0v) is 18.8. The highest BCUT2D eigenvalue weighted by Crippen LogP contribution is 2.34. The number of hydrogen-bond acceptors (Lipinski definition) is 5. The van der Waals surface area contributed by atoms with Crippen molar-refractivity contribution < 1.29 is 0 Å². The van der Waals surface area contributed by atoms with E-state index in [1.165, 1.54) is 0 Å². The van der Waals surface area contributed by atoms with Gasteiger partial charge >= 0.3 is 0 Å². The van der Waals surface area contributed by atoms with Crippen LogP contribution in [-0.2, 0) is 0 Å². The van der Waals surface area contributed by atoms with Gasteiger partial charge in [-0.25, -0.2) is 15.0 Å². The average Bonchev–Trinajstić information content (AvgIpc) is 3.45. The molecule has 0 aliphatic carbocycles. The molecule has 7 nitrogen and oxygen atoms in total. The van der Waals surface area contributed by atoms with Gasteiger partial charge in [-0.1, -0.05) is 42.5 Å². The summed E-state index contributed by atoms with van der Waals surface area (Å²) in [6, 6.07) is 30.0. The summed E-state index contributed by atoms with van der Waals surface area (Å²) >= 11 is 0. The largest absolute Gasteiger partial charge is 0.292 e. The molecule has 0 saturated heterocycles. The summed E-state index contributed by atoms with van der Waals surface area (Å²) < 4.78 is 4.14. The fourth-order valence-corrected chi connectivity index (χ4v) is 5.01. The van der Waals surface area contributed by atoms with Gasteiger partial charge in [0.1, 0.15) is 35.2 Å². The van der Waals surface area contributed by atoms with Crippen molar-refractivity contribution in [3.8, 4) is 23.8 Å². The number of nitriles is 2. The normalized spacial score (nSPS) is 11.3. The van der Waals surface area contributed by atoms with Gasteiger partial charge in [0.15, 0.2) is 0 Å². The Balaban J connectivity index is 1.53. The lowest BCUT2D eigenvalue weighted by Crippen LogP contribution is -2.03. The first-order valence-corrected chi connectivity index (χ1v) is 11.3. The number of fused-ring (bicyclic) bond motifs is 6. The maximum Gasteiger partial charge on any atom is 0.141 e.